The molecular formula is C16H28N4O8S. The molecule has 0 aliphatic rings. The second-order valence-corrected chi connectivity index (χ2v) is 7.18. The van der Waals surface area contributed by atoms with E-state index in [1.165, 1.54) is 18.7 Å². The van der Waals surface area contributed by atoms with Crippen LogP contribution in [-0.4, -0.2) is 87.8 Å². The van der Waals surface area contributed by atoms with Crippen LogP contribution in [-0.2, 0) is 24.0 Å². The van der Waals surface area contributed by atoms with E-state index in [4.69, 9.17) is 15.9 Å². The minimum absolute atomic E-state index is 0.121. The third kappa shape index (κ3) is 10.7. The molecule has 0 spiro atoms. The van der Waals surface area contributed by atoms with Gasteiger partial charge in [-0.2, -0.15) is 11.8 Å². The number of nitrogens with one attached hydrogen (secondary N) is 3. The summed E-state index contributed by atoms with van der Waals surface area (Å²) >= 11 is 1.40. The van der Waals surface area contributed by atoms with Gasteiger partial charge in [-0.1, -0.05) is 0 Å². The van der Waals surface area contributed by atoms with E-state index in [1.807, 2.05) is 0 Å². The Morgan fingerprint density at radius 2 is 1.52 bits per heavy atom. The Balaban J connectivity index is 4.75. The van der Waals surface area contributed by atoms with Crippen molar-refractivity contribution in [3.63, 3.8) is 0 Å². The van der Waals surface area contributed by atoms with E-state index in [9.17, 15) is 29.1 Å². The quantitative estimate of drug-likeness (QED) is 0.152. The molecule has 0 aliphatic carbocycles. The predicted molar refractivity (Wildman–Crippen MR) is 104 cm³/mol. The Labute approximate surface area is 172 Å². The molecule has 0 bridgehead atoms. The number of hydrogen-bond acceptors (Lipinski definition) is 8. The summed E-state index contributed by atoms with van der Waals surface area (Å²) in [6.45, 7) is 0.521. The largest absolute Gasteiger partial charge is 0.481 e. The predicted octanol–water partition coefficient (Wildman–Crippen LogP) is -2.52. The summed E-state index contributed by atoms with van der Waals surface area (Å²) in [7, 11) is 0. The number of hydrogen-bond donors (Lipinski definition) is 7. The molecule has 0 aromatic carbocycles. The molecule has 4 atom stereocenters. The van der Waals surface area contributed by atoms with Crippen molar-refractivity contribution >= 4 is 41.4 Å². The third-order valence-electron chi connectivity index (χ3n) is 3.80. The Kier molecular flexibility index (Phi) is 12.6. The molecule has 0 saturated carbocycles. The van der Waals surface area contributed by atoms with Crippen LogP contribution in [0.3, 0.4) is 0 Å². The number of carboxylic acid groups (broad SMARTS) is 2. The van der Waals surface area contributed by atoms with Gasteiger partial charge in [0.1, 0.15) is 18.1 Å². The highest BCUT2D eigenvalue weighted by molar-refractivity contribution is 7.98. The zero-order valence-electron chi connectivity index (χ0n) is 16.2. The summed E-state index contributed by atoms with van der Waals surface area (Å²) in [4.78, 5) is 57.9. The monoisotopic (exact) mass is 436 g/mol. The summed E-state index contributed by atoms with van der Waals surface area (Å²) in [6.07, 6.45) is 1.50. The normalized spacial score (nSPS) is 14.8. The molecule has 3 amide bonds. The van der Waals surface area contributed by atoms with Crippen LogP contribution in [0, 0.1) is 0 Å². The van der Waals surface area contributed by atoms with Gasteiger partial charge >= 0.3 is 11.9 Å². The van der Waals surface area contributed by atoms with Gasteiger partial charge < -0.3 is 37.0 Å². The highest BCUT2D eigenvalue weighted by atomic mass is 32.2. The first-order chi connectivity index (χ1) is 13.5. The molecule has 8 N–H and O–H groups in total. The van der Waals surface area contributed by atoms with Gasteiger partial charge in [0.2, 0.25) is 17.7 Å². The standard InChI is InChI=1S/C16H28N4O8S/c1-8(18-14(25)9(17)3-4-12(22)23)13(24)20-11(7-21)15(26)19-10(16(27)28)5-6-29-2/h8-11,21H,3-7,17H2,1-2H3,(H,18,25)(H,19,26)(H,20,24)(H,22,23)(H,27,28). The number of rotatable bonds is 14. The zero-order chi connectivity index (χ0) is 22.6. The van der Waals surface area contributed by atoms with Gasteiger partial charge in [0.15, 0.2) is 0 Å². The first kappa shape index (κ1) is 26.6. The lowest BCUT2D eigenvalue weighted by Crippen LogP contribution is -2.57. The maximum absolute atomic E-state index is 12.2. The molecule has 13 heteroatoms. The van der Waals surface area contributed by atoms with Gasteiger partial charge in [0, 0.05) is 6.42 Å². The number of amides is 3. The first-order valence-corrected chi connectivity index (χ1v) is 10.1. The van der Waals surface area contributed by atoms with Crippen LogP contribution in [0.1, 0.15) is 26.2 Å². The molecule has 0 fully saturated rings. The van der Waals surface area contributed by atoms with Gasteiger partial charge in [-0.25, -0.2) is 4.79 Å². The van der Waals surface area contributed by atoms with Crippen molar-refractivity contribution in [2.75, 3.05) is 18.6 Å². The molecule has 166 valence electrons. The second kappa shape index (κ2) is 13.7. The molecule has 12 nitrogen and oxygen atoms in total. The fourth-order valence-corrected chi connectivity index (χ4v) is 2.52. The van der Waals surface area contributed by atoms with E-state index in [2.05, 4.69) is 16.0 Å². The van der Waals surface area contributed by atoms with Gasteiger partial charge in [0.05, 0.1) is 12.6 Å². The number of carbonyl (C=O) groups is 5. The van der Waals surface area contributed by atoms with Gasteiger partial charge in [-0.05, 0) is 31.8 Å². The van der Waals surface area contributed by atoms with E-state index >= 15 is 0 Å². The fourth-order valence-electron chi connectivity index (χ4n) is 2.05. The SMILES string of the molecule is CSCCC(NC(=O)C(CO)NC(=O)C(C)NC(=O)C(N)CCC(=O)O)C(=O)O. The second-order valence-electron chi connectivity index (χ2n) is 6.19. The lowest BCUT2D eigenvalue weighted by molar-refractivity contribution is -0.142. The third-order valence-corrected chi connectivity index (χ3v) is 4.44. The van der Waals surface area contributed by atoms with Crippen LogP contribution in [0.4, 0.5) is 0 Å². The van der Waals surface area contributed by atoms with Crippen molar-refractivity contribution in [1.29, 1.82) is 0 Å². The number of thioether (sulfide) groups is 1. The first-order valence-electron chi connectivity index (χ1n) is 8.74. The van der Waals surface area contributed by atoms with Crippen molar-refractivity contribution in [3.8, 4) is 0 Å². The smallest absolute Gasteiger partial charge is 0.326 e. The van der Waals surface area contributed by atoms with Crippen LogP contribution in [0.5, 0.6) is 0 Å². The Morgan fingerprint density at radius 1 is 0.931 bits per heavy atom. The molecule has 0 rings (SSSR count). The highest BCUT2D eigenvalue weighted by Gasteiger charge is 2.28. The van der Waals surface area contributed by atoms with Crippen molar-refractivity contribution in [2.45, 2.75) is 50.4 Å². The van der Waals surface area contributed by atoms with Crippen LogP contribution in [0.2, 0.25) is 0 Å². The molecule has 0 aromatic rings. The molecule has 0 aliphatic heterocycles. The van der Waals surface area contributed by atoms with Gasteiger partial charge in [-0.15, -0.1) is 0 Å². The van der Waals surface area contributed by atoms with Gasteiger partial charge in [-0.3, -0.25) is 19.2 Å². The molecular weight excluding hydrogens is 408 g/mol. The number of carbonyl (C=O) groups excluding carboxylic acids is 3. The molecule has 29 heavy (non-hydrogen) atoms. The maximum atomic E-state index is 12.2. The minimum Gasteiger partial charge on any atom is -0.481 e. The highest BCUT2D eigenvalue weighted by Crippen LogP contribution is 2.02. The molecule has 0 radical (unpaired) electrons. The van der Waals surface area contributed by atoms with E-state index in [0.717, 1.165) is 0 Å². The average molecular weight is 436 g/mol. The van der Waals surface area contributed by atoms with Crippen LogP contribution in [0.25, 0.3) is 0 Å². The summed E-state index contributed by atoms with van der Waals surface area (Å²) in [6, 6.07) is -4.86. The lowest BCUT2D eigenvalue weighted by atomic mass is 10.1. The van der Waals surface area contributed by atoms with Crippen molar-refractivity contribution < 1.29 is 39.3 Å². The number of aliphatic carboxylic acids is 2. The summed E-state index contributed by atoms with van der Waals surface area (Å²) in [5, 5.41) is 33.8. The van der Waals surface area contributed by atoms with E-state index in [1.54, 1.807) is 6.26 Å². The van der Waals surface area contributed by atoms with Gasteiger partial charge in [0.25, 0.3) is 0 Å². The molecule has 0 aromatic heterocycles. The minimum atomic E-state index is -1.42. The topological polar surface area (TPSA) is 208 Å². The molecule has 4 unspecified atom stereocenters. The van der Waals surface area contributed by atoms with Crippen LogP contribution in [0.15, 0.2) is 0 Å². The van der Waals surface area contributed by atoms with E-state index in [-0.39, 0.29) is 19.3 Å². The number of nitrogens with two attached hydrogens (primary N) is 1. The van der Waals surface area contributed by atoms with E-state index < -0.39 is 60.4 Å². The van der Waals surface area contributed by atoms with Crippen molar-refractivity contribution in [2.24, 2.45) is 5.73 Å². The number of aliphatic hydroxyl groups excluding tert-OH is 1. The average Bonchev–Trinajstić information content (AvgIpc) is 2.66. The summed E-state index contributed by atoms with van der Waals surface area (Å²) < 4.78 is 0. The van der Waals surface area contributed by atoms with Crippen LogP contribution >= 0.6 is 11.8 Å². The Hall–Kier alpha value is -2.38. The number of aliphatic hydroxyl groups is 1. The van der Waals surface area contributed by atoms with Crippen molar-refractivity contribution in [1.82, 2.24) is 16.0 Å². The summed E-state index contributed by atoms with van der Waals surface area (Å²) in [5.74, 6) is -4.32. The molecule has 0 saturated heterocycles. The maximum Gasteiger partial charge on any atom is 0.326 e. The zero-order valence-corrected chi connectivity index (χ0v) is 17.0. The number of carboxylic acids is 2. The molecule has 0 heterocycles. The fraction of sp³-hybridized carbons (Fsp3) is 0.688. The lowest BCUT2D eigenvalue weighted by Gasteiger charge is -2.22. The van der Waals surface area contributed by atoms with E-state index in [0.29, 0.717) is 5.75 Å². The Bertz CT molecular complexity index is 603. The van der Waals surface area contributed by atoms with Crippen LogP contribution < -0.4 is 21.7 Å². The Morgan fingerprint density at radius 3 is 2.00 bits per heavy atom. The van der Waals surface area contributed by atoms with Crippen molar-refractivity contribution in [3.05, 3.63) is 0 Å². The summed E-state index contributed by atoms with van der Waals surface area (Å²) in [5.41, 5.74) is 5.54.